The lowest BCUT2D eigenvalue weighted by molar-refractivity contribution is 0.315. The van der Waals surface area contributed by atoms with Crippen LogP contribution in [-0.4, -0.2) is 10.9 Å². The molecule has 0 radical (unpaired) electrons. The first-order valence-electron chi connectivity index (χ1n) is 18.0. The Kier molecular flexibility index (Phi) is 34.0. The van der Waals surface area contributed by atoms with E-state index < -0.39 is 0 Å². The third-order valence-electron chi connectivity index (χ3n) is 8.53. The van der Waals surface area contributed by atoms with Crippen molar-refractivity contribution >= 4 is 5.71 Å². The van der Waals surface area contributed by atoms with Gasteiger partial charge in [-0.2, -0.15) is 0 Å². The molecule has 228 valence electrons. The van der Waals surface area contributed by atoms with Crippen LogP contribution in [0.25, 0.3) is 0 Å². The van der Waals surface area contributed by atoms with E-state index in [0.717, 1.165) is 18.6 Å². The summed E-state index contributed by atoms with van der Waals surface area (Å²) in [7, 11) is 0. The smallest absolute Gasteiger partial charge is 0.0570 e. The van der Waals surface area contributed by atoms with Gasteiger partial charge in [0.05, 0.1) is 5.71 Å². The van der Waals surface area contributed by atoms with Gasteiger partial charge in [-0.05, 0) is 25.7 Å². The normalized spacial score (nSPS) is 12.0. The van der Waals surface area contributed by atoms with Crippen molar-refractivity contribution in [2.24, 2.45) is 5.16 Å². The molecule has 0 spiro atoms. The van der Waals surface area contributed by atoms with Gasteiger partial charge in [0.25, 0.3) is 0 Å². The van der Waals surface area contributed by atoms with Gasteiger partial charge >= 0.3 is 0 Å². The third-order valence-corrected chi connectivity index (χ3v) is 8.53. The molecule has 0 aromatic rings. The monoisotopic (exact) mass is 536 g/mol. The van der Waals surface area contributed by atoms with Crippen LogP contribution >= 0.6 is 0 Å². The van der Waals surface area contributed by atoms with Crippen LogP contribution in [-0.2, 0) is 0 Å². The van der Waals surface area contributed by atoms with Gasteiger partial charge in [0.1, 0.15) is 0 Å². The van der Waals surface area contributed by atoms with Gasteiger partial charge in [0, 0.05) is 0 Å². The second-order valence-corrected chi connectivity index (χ2v) is 12.4. The maximum atomic E-state index is 9.35. The molecule has 2 nitrogen and oxygen atoms in total. The zero-order valence-electron chi connectivity index (χ0n) is 26.7. The van der Waals surface area contributed by atoms with Crippen LogP contribution in [0.1, 0.15) is 226 Å². The van der Waals surface area contributed by atoms with Crippen LogP contribution in [0.3, 0.4) is 0 Å². The standard InChI is InChI=1S/C36H73NO/c1-3-5-7-9-11-13-15-17-19-21-23-25-27-29-31-33-35-36(37-38)34-32-30-28-26-24-22-20-18-16-14-12-10-8-6-4-2/h38H,3-35H2,1-2H3. The summed E-state index contributed by atoms with van der Waals surface area (Å²) < 4.78 is 0. The fraction of sp³-hybridized carbons (Fsp3) is 0.972. The molecule has 0 aromatic heterocycles. The molecule has 38 heavy (non-hydrogen) atoms. The van der Waals surface area contributed by atoms with Gasteiger partial charge < -0.3 is 5.21 Å². The van der Waals surface area contributed by atoms with Gasteiger partial charge in [-0.1, -0.05) is 205 Å². The van der Waals surface area contributed by atoms with Crippen LogP contribution in [0, 0.1) is 0 Å². The zero-order chi connectivity index (χ0) is 27.6. The van der Waals surface area contributed by atoms with Crippen molar-refractivity contribution in [2.45, 2.75) is 226 Å². The minimum atomic E-state index is 1.01. The third kappa shape index (κ3) is 31.7. The van der Waals surface area contributed by atoms with E-state index in [9.17, 15) is 5.21 Å². The molecule has 0 rings (SSSR count). The molecule has 0 amide bonds. The molecule has 0 aliphatic rings. The van der Waals surface area contributed by atoms with Crippen molar-refractivity contribution in [3.05, 3.63) is 0 Å². The molecular formula is C36H73NO. The molecule has 0 saturated heterocycles. The molecule has 0 aliphatic carbocycles. The van der Waals surface area contributed by atoms with Crippen molar-refractivity contribution < 1.29 is 5.21 Å². The lowest BCUT2D eigenvalue weighted by Gasteiger charge is -2.06. The Morgan fingerprint density at radius 3 is 0.684 bits per heavy atom. The predicted octanol–water partition coefficient (Wildman–Crippen LogP) is 13.7. The molecular weight excluding hydrogens is 462 g/mol. The summed E-state index contributed by atoms with van der Waals surface area (Å²) in [5.41, 5.74) is 1.05. The number of nitrogens with zero attached hydrogens (tertiary/aromatic N) is 1. The van der Waals surface area contributed by atoms with E-state index in [0.29, 0.717) is 0 Å². The fourth-order valence-corrected chi connectivity index (χ4v) is 5.80. The van der Waals surface area contributed by atoms with Crippen molar-refractivity contribution in [2.75, 3.05) is 0 Å². The lowest BCUT2D eigenvalue weighted by Crippen LogP contribution is -1.99. The summed E-state index contributed by atoms with van der Waals surface area (Å²) >= 11 is 0. The predicted molar refractivity (Wildman–Crippen MR) is 173 cm³/mol. The Balaban J connectivity index is 3.26. The van der Waals surface area contributed by atoms with Gasteiger partial charge in [0.15, 0.2) is 0 Å². The molecule has 0 bridgehead atoms. The summed E-state index contributed by atoms with van der Waals surface area (Å²) in [6, 6.07) is 0. The quantitative estimate of drug-likeness (QED) is 0.0385. The summed E-state index contributed by atoms with van der Waals surface area (Å²) in [4.78, 5) is 0. The second kappa shape index (κ2) is 34.5. The highest BCUT2D eigenvalue weighted by molar-refractivity contribution is 5.83. The maximum absolute atomic E-state index is 9.35. The number of unbranched alkanes of at least 4 members (excludes halogenated alkanes) is 29. The lowest BCUT2D eigenvalue weighted by atomic mass is 10.0. The highest BCUT2D eigenvalue weighted by atomic mass is 16.4. The Morgan fingerprint density at radius 2 is 0.500 bits per heavy atom. The topological polar surface area (TPSA) is 32.6 Å². The summed E-state index contributed by atoms with van der Waals surface area (Å²) in [5, 5.41) is 13.0. The minimum Gasteiger partial charge on any atom is -0.411 e. The minimum absolute atomic E-state index is 1.01. The van der Waals surface area contributed by atoms with E-state index in [1.165, 1.54) is 199 Å². The summed E-state index contributed by atoms with van der Waals surface area (Å²) in [5.74, 6) is 0. The summed E-state index contributed by atoms with van der Waals surface area (Å²) in [6.45, 7) is 4.59. The van der Waals surface area contributed by atoms with Gasteiger partial charge in [0.2, 0.25) is 0 Å². The number of rotatable bonds is 33. The van der Waals surface area contributed by atoms with E-state index in [1.54, 1.807) is 0 Å². The van der Waals surface area contributed by atoms with Gasteiger partial charge in [-0.25, -0.2) is 0 Å². The molecule has 0 fully saturated rings. The molecule has 0 unspecified atom stereocenters. The van der Waals surface area contributed by atoms with E-state index in [4.69, 9.17) is 0 Å². The molecule has 0 aromatic carbocycles. The maximum Gasteiger partial charge on any atom is 0.0570 e. The first kappa shape index (κ1) is 37.5. The number of oxime groups is 1. The number of hydrogen-bond acceptors (Lipinski definition) is 2. The fourth-order valence-electron chi connectivity index (χ4n) is 5.80. The van der Waals surface area contributed by atoms with Crippen molar-refractivity contribution in [3.63, 3.8) is 0 Å². The van der Waals surface area contributed by atoms with E-state index in [1.807, 2.05) is 0 Å². The van der Waals surface area contributed by atoms with Crippen LogP contribution in [0.4, 0.5) is 0 Å². The molecule has 2 heteroatoms. The highest BCUT2D eigenvalue weighted by Crippen LogP contribution is 2.16. The summed E-state index contributed by atoms with van der Waals surface area (Å²) in [6.07, 6.45) is 45.6. The molecule has 0 heterocycles. The Labute approximate surface area is 241 Å². The van der Waals surface area contributed by atoms with E-state index in [-0.39, 0.29) is 0 Å². The molecule has 0 saturated carbocycles. The van der Waals surface area contributed by atoms with Crippen molar-refractivity contribution in [1.29, 1.82) is 0 Å². The Hall–Kier alpha value is -0.530. The largest absolute Gasteiger partial charge is 0.411 e. The zero-order valence-corrected chi connectivity index (χ0v) is 26.7. The SMILES string of the molecule is CCCCCCCCCCCCCCCCCCC(CCCCCCCCCCCCCCCCC)=NO. The first-order valence-corrected chi connectivity index (χ1v) is 18.0. The van der Waals surface area contributed by atoms with Crippen molar-refractivity contribution in [1.82, 2.24) is 0 Å². The second-order valence-electron chi connectivity index (χ2n) is 12.4. The number of hydrogen-bond donors (Lipinski definition) is 1. The van der Waals surface area contributed by atoms with Crippen LogP contribution in [0.2, 0.25) is 0 Å². The molecule has 1 N–H and O–H groups in total. The van der Waals surface area contributed by atoms with E-state index in [2.05, 4.69) is 19.0 Å². The average molecular weight is 536 g/mol. The highest BCUT2D eigenvalue weighted by Gasteiger charge is 2.02. The molecule has 0 aliphatic heterocycles. The van der Waals surface area contributed by atoms with E-state index >= 15 is 0 Å². The van der Waals surface area contributed by atoms with Crippen LogP contribution in [0.5, 0.6) is 0 Å². The van der Waals surface area contributed by atoms with Gasteiger partial charge in [-0.3, -0.25) is 0 Å². The Bertz CT molecular complexity index is 447. The molecule has 0 atom stereocenters. The van der Waals surface area contributed by atoms with Gasteiger partial charge in [-0.15, -0.1) is 0 Å². The Morgan fingerprint density at radius 1 is 0.316 bits per heavy atom. The first-order chi connectivity index (χ1) is 18.8. The van der Waals surface area contributed by atoms with Crippen LogP contribution < -0.4 is 0 Å². The van der Waals surface area contributed by atoms with Crippen molar-refractivity contribution in [3.8, 4) is 0 Å². The van der Waals surface area contributed by atoms with Crippen LogP contribution in [0.15, 0.2) is 5.16 Å². The average Bonchev–Trinajstić information content (AvgIpc) is 2.93.